The van der Waals surface area contributed by atoms with E-state index in [9.17, 15) is 9.18 Å². The molecule has 4 nitrogen and oxygen atoms in total. The van der Waals surface area contributed by atoms with Gasteiger partial charge in [-0.3, -0.25) is 4.79 Å². The summed E-state index contributed by atoms with van der Waals surface area (Å²) >= 11 is 0. The molecule has 0 aliphatic carbocycles. The van der Waals surface area contributed by atoms with Crippen molar-refractivity contribution in [2.45, 2.75) is 19.6 Å². The van der Waals surface area contributed by atoms with Crippen LogP contribution in [0.25, 0.3) is 0 Å². The highest BCUT2D eigenvalue weighted by Gasteiger charge is 2.25. The Hall–Kier alpha value is -1.72. The first kappa shape index (κ1) is 13.7. The molecule has 0 aromatic heterocycles. The summed E-state index contributed by atoms with van der Waals surface area (Å²) in [6, 6.07) is 3.37. The summed E-state index contributed by atoms with van der Waals surface area (Å²) in [7, 11) is 0. The van der Waals surface area contributed by atoms with Crippen LogP contribution in [-0.4, -0.2) is 19.1 Å². The molecule has 1 N–H and O–H groups in total. The van der Waals surface area contributed by atoms with Crippen molar-refractivity contribution in [3.05, 3.63) is 41.7 Å². The lowest BCUT2D eigenvalue weighted by Gasteiger charge is -2.17. The van der Waals surface area contributed by atoms with Gasteiger partial charge in [-0.15, -0.1) is 6.58 Å². The second-order valence-corrected chi connectivity index (χ2v) is 4.25. The summed E-state index contributed by atoms with van der Waals surface area (Å²) in [5.41, 5.74) is 1.09. The van der Waals surface area contributed by atoms with E-state index >= 15 is 0 Å². The number of carbonyl (C=O) groups excluding carboxylic acids is 1. The molecule has 2 rings (SSSR count). The minimum absolute atomic E-state index is 0.124. The molecule has 1 amide bonds. The fourth-order valence-corrected chi connectivity index (χ4v) is 1.98. The Balaban J connectivity index is 2.43. The summed E-state index contributed by atoms with van der Waals surface area (Å²) in [6.45, 7) is 5.83. The van der Waals surface area contributed by atoms with Gasteiger partial charge in [0.05, 0.1) is 18.9 Å². The number of benzene rings is 1. The fourth-order valence-electron chi connectivity index (χ4n) is 1.98. The van der Waals surface area contributed by atoms with E-state index in [0.29, 0.717) is 30.8 Å². The van der Waals surface area contributed by atoms with E-state index in [4.69, 9.17) is 9.47 Å². The largest absolute Gasteiger partial charge is 0.346 e. The third kappa shape index (κ3) is 3.00. The number of anilines is 1. The van der Waals surface area contributed by atoms with E-state index < -0.39 is 12.1 Å². The van der Waals surface area contributed by atoms with Gasteiger partial charge < -0.3 is 14.8 Å². The zero-order valence-corrected chi connectivity index (χ0v) is 10.7. The molecule has 1 aliphatic heterocycles. The average molecular weight is 265 g/mol. The lowest BCUT2D eigenvalue weighted by Crippen LogP contribution is -2.13. The molecular weight excluding hydrogens is 249 g/mol. The predicted octanol–water partition coefficient (Wildman–Crippen LogP) is 2.56. The SMILES string of the molecule is C=CCc1ccc(C2OCCO2)c(NC(C)=O)c1F. The second-order valence-electron chi connectivity index (χ2n) is 4.25. The van der Waals surface area contributed by atoms with Gasteiger partial charge in [-0.25, -0.2) is 4.39 Å². The van der Waals surface area contributed by atoms with E-state index in [1.54, 1.807) is 18.2 Å². The van der Waals surface area contributed by atoms with Crippen molar-refractivity contribution in [1.29, 1.82) is 0 Å². The summed E-state index contributed by atoms with van der Waals surface area (Å²) in [5, 5.41) is 2.51. The molecule has 0 spiro atoms. The molecule has 1 aromatic rings. The Kier molecular flexibility index (Phi) is 4.29. The van der Waals surface area contributed by atoms with E-state index in [-0.39, 0.29) is 11.6 Å². The van der Waals surface area contributed by atoms with Crippen LogP contribution in [0.1, 0.15) is 24.3 Å². The number of nitrogens with one attached hydrogen (secondary N) is 1. The van der Waals surface area contributed by atoms with Gasteiger partial charge in [0.1, 0.15) is 0 Å². The van der Waals surface area contributed by atoms with Crippen LogP contribution in [0.4, 0.5) is 10.1 Å². The van der Waals surface area contributed by atoms with Crippen molar-refractivity contribution in [1.82, 2.24) is 0 Å². The van der Waals surface area contributed by atoms with Crippen LogP contribution < -0.4 is 5.32 Å². The summed E-state index contributed by atoms with van der Waals surface area (Å²) < 4.78 is 25.1. The topological polar surface area (TPSA) is 47.6 Å². The molecule has 0 unspecified atom stereocenters. The lowest BCUT2D eigenvalue weighted by molar-refractivity contribution is -0.114. The maximum Gasteiger partial charge on any atom is 0.221 e. The molecule has 19 heavy (non-hydrogen) atoms. The first-order valence-corrected chi connectivity index (χ1v) is 6.06. The molecule has 5 heteroatoms. The number of allylic oxidation sites excluding steroid dienone is 1. The van der Waals surface area contributed by atoms with Gasteiger partial charge in [-0.1, -0.05) is 18.2 Å². The third-order valence-electron chi connectivity index (χ3n) is 2.80. The number of amides is 1. The first-order chi connectivity index (χ1) is 9.13. The van der Waals surface area contributed by atoms with Crippen molar-refractivity contribution >= 4 is 11.6 Å². The zero-order valence-electron chi connectivity index (χ0n) is 10.7. The zero-order chi connectivity index (χ0) is 13.8. The highest BCUT2D eigenvalue weighted by atomic mass is 19.1. The maximum atomic E-state index is 14.4. The molecule has 1 heterocycles. The average Bonchev–Trinajstić information content (AvgIpc) is 2.88. The van der Waals surface area contributed by atoms with Crippen molar-refractivity contribution in [2.24, 2.45) is 0 Å². The van der Waals surface area contributed by atoms with Gasteiger partial charge >= 0.3 is 0 Å². The first-order valence-electron chi connectivity index (χ1n) is 6.06. The highest BCUT2D eigenvalue weighted by molar-refractivity contribution is 5.90. The molecule has 1 aromatic carbocycles. The fraction of sp³-hybridized carbons (Fsp3) is 0.357. The number of carbonyl (C=O) groups is 1. The molecule has 1 aliphatic rings. The van der Waals surface area contributed by atoms with Crippen LogP contribution >= 0.6 is 0 Å². The van der Waals surface area contributed by atoms with E-state index in [1.165, 1.54) is 6.92 Å². The number of halogens is 1. The Bertz CT molecular complexity index is 496. The molecule has 0 saturated carbocycles. The second kappa shape index (κ2) is 5.95. The minimum atomic E-state index is -0.630. The Morgan fingerprint density at radius 3 is 2.79 bits per heavy atom. The smallest absolute Gasteiger partial charge is 0.221 e. The summed E-state index contributed by atoms with van der Waals surface area (Å²) in [5.74, 6) is -0.805. The maximum absolute atomic E-state index is 14.4. The lowest BCUT2D eigenvalue weighted by atomic mass is 10.0. The van der Waals surface area contributed by atoms with Gasteiger partial charge in [0.25, 0.3) is 0 Å². The monoisotopic (exact) mass is 265 g/mol. The quantitative estimate of drug-likeness (QED) is 0.851. The Morgan fingerprint density at radius 2 is 2.21 bits per heavy atom. The molecule has 0 atom stereocenters. The molecule has 0 radical (unpaired) electrons. The van der Waals surface area contributed by atoms with Crippen LogP contribution in [0.5, 0.6) is 0 Å². The Labute approximate surface area is 111 Å². The molecule has 1 saturated heterocycles. The molecule has 0 bridgehead atoms. The van der Waals surface area contributed by atoms with E-state index in [2.05, 4.69) is 11.9 Å². The van der Waals surface area contributed by atoms with Gasteiger partial charge in [-0.2, -0.15) is 0 Å². The van der Waals surface area contributed by atoms with Crippen molar-refractivity contribution in [3.63, 3.8) is 0 Å². The number of hydrogen-bond acceptors (Lipinski definition) is 3. The number of rotatable bonds is 4. The molecule has 102 valence electrons. The number of ether oxygens (including phenoxy) is 2. The van der Waals surface area contributed by atoms with Gasteiger partial charge in [-0.05, 0) is 12.0 Å². The van der Waals surface area contributed by atoms with Crippen LogP contribution in [-0.2, 0) is 20.7 Å². The van der Waals surface area contributed by atoms with E-state index in [0.717, 1.165) is 0 Å². The normalized spacial score (nSPS) is 15.5. The molecule has 1 fully saturated rings. The summed E-state index contributed by atoms with van der Waals surface area (Å²) in [6.07, 6.45) is 1.37. The van der Waals surface area contributed by atoms with Gasteiger partial charge in [0, 0.05) is 12.5 Å². The predicted molar refractivity (Wildman–Crippen MR) is 69.2 cm³/mol. The van der Waals surface area contributed by atoms with Crippen molar-refractivity contribution < 1.29 is 18.7 Å². The van der Waals surface area contributed by atoms with Crippen molar-refractivity contribution in [3.8, 4) is 0 Å². The third-order valence-corrected chi connectivity index (χ3v) is 2.80. The van der Waals surface area contributed by atoms with Gasteiger partial charge in [0.2, 0.25) is 5.91 Å². The van der Waals surface area contributed by atoms with Crippen molar-refractivity contribution in [2.75, 3.05) is 18.5 Å². The highest BCUT2D eigenvalue weighted by Crippen LogP contribution is 2.33. The molecular formula is C14H16FNO3. The van der Waals surface area contributed by atoms with Crippen LogP contribution in [0.2, 0.25) is 0 Å². The minimum Gasteiger partial charge on any atom is -0.346 e. The van der Waals surface area contributed by atoms with Crippen LogP contribution in [0.15, 0.2) is 24.8 Å². The number of hydrogen-bond donors (Lipinski definition) is 1. The van der Waals surface area contributed by atoms with E-state index in [1.807, 2.05) is 0 Å². The van der Waals surface area contributed by atoms with Crippen LogP contribution in [0, 0.1) is 5.82 Å². The Morgan fingerprint density at radius 1 is 1.53 bits per heavy atom. The van der Waals surface area contributed by atoms with Gasteiger partial charge in [0.15, 0.2) is 12.1 Å². The van der Waals surface area contributed by atoms with Crippen LogP contribution in [0.3, 0.4) is 0 Å². The summed E-state index contributed by atoms with van der Waals surface area (Å²) in [4.78, 5) is 11.2. The standard InChI is InChI=1S/C14H16FNO3/c1-3-4-10-5-6-11(14-18-7-8-19-14)13(12(10)15)16-9(2)17/h3,5-6,14H,1,4,7-8H2,2H3,(H,16,17).